The fourth-order valence-corrected chi connectivity index (χ4v) is 4.81. The molecule has 1 aliphatic heterocycles. The summed E-state index contributed by atoms with van der Waals surface area (Å²) in [5.74, 6) is -0.0353. The standard InChI is InChI=1S/C23H28N8O4/c1-23(34)8-15(32)9-30(10-18(23)31-13-28-19-20(24)25-11-26-21(19)31)22(33)14-3-4-17-16(7-14)27-12-29(17)5-6-35-2/h3-4,7,11-13,15,18,32,34H,5-6,8-10H2,1-2H3,(H2,24,25,26)/t15-,18+,23+/m1/s1. The Kier molecular flexibility index (Phi) is 5.87. The van der Waals surface area contributed by atoms with Gasteiger partial charge in [-0.3, -0.25) is 4.79 Å². The first-order chi connectivity index (χ1) is 16.8. The molecule has 184 valence electrons. The van der Waals surface area contributed by atoms with Crippen molar-refractivity contribution in [2.75, 3.05) is 32.5 Å². The molecule has 1 fully saturated rings. The number of hydrogen-bond donors (Lipinski definition) is 3. The molecule has 3 atom stereocenters. The van der Waals surface area contributed by atoms with Crippen molar-refractivity contribution in [3.8, 4) is 0 Å². The largest absolute Gasteiger partial charge is 0.391 e. The molecular formula is C23H28N8O4. The number of likely N-dealkylation sites (tertiary alicyclic amines) is 1. The van der Waals surface area contributed by atoms with Gasteiger partial charge in [-0.05, 0) is 25.1 Å². The third kappa shape index (κ3) is 4.20. The Morgan fingerprint density at radius 1 is 1.23 bits per heavy atom. The number of carbonyl (C=O) groups excluding carboxylic acids is 1. The number of methoxy groups -OCH3 is 1. The first-order valence-corrected chi connectivity index (χ1v) is 11.3. The summed E-state index contributed by atoms with van der Waals surface area (Å²) in [6.45, 7) is 3.07. The number of carbonyl (C=O) groups is 1. The van der Waals surface area contributed by atoms with Gasteiger partial charge >= 0.3 is 0 Å². The van der Waals surface area contributed by atoms with E-state index in [1.807, 2.05) is 10.6 Å². The van der Waals surface area contributed by atoms with Crippen LogP contribution in [0.5, 0.6) is 0 Å². The molecule has 0 aliphatic carbocycles. The van der Waals surface area contributed by atoms with E-state index in [0.717, 1.165) is 5.52 Å². The lowest BCUT2D eigenvalue weighted by Crippen LogP contribution is -2.42. The van der Waals surface area contributed by atoms with Gasteiger partial charge in [0.15, 0.2) is 11.5 Å². The van der Waals surface area contributed by atoms with Crippen LogP contribution in [0.3, 0.4) is 0 Å². The third-order valence-electron chi connectivity index (χ3n) is 6.61. The molecule has 0 radical (unpaired) electrons. The smallest absolute Gasteiger partial charge is 0.254 e. The number of nitrogen functional groups attached to an aromatic ring is 1. The molecule has 4 N–H and O–H groups in total. The second-order valence-electron chi connectivity index (χ2n) is 9.16. The number of aliphatic hydroxyl groups excluding tert-OH is 1. The summed E-state index contributed by atoms with van der Waals surface area (Å²) in [5, 5.41) is 22.0. The maximum absolute atomic E-state index is 13.6. The normalized spacial score (nSPS) is 23.1. The fourth-order valence-electron chi connectivity index (χ4n) is 4.81. The highest BCUT2D eigenvalue weighted by atomic mass is 16.5. The molecule has 5 rings (SSSR count). The Hall–Kier alpha value is -3.61. The minimum atomic E-state index is -1.34. The van der Waals surface area contributed by atoms with Gasteiger partial charge in [-0.15, -0.1) is 0 Å². The second kappa shape index (κ2) is 8.87. The van der Waals surface area contributed by atoms with Gasteiger partial charge in [0, 0.05) is 38.7 Å². The summed E-state index contributed by atoms with van der Waals surface area (Å²) < 4.78 is 8.81. The quantitative estimate of drug-likeness (QED) is 0.372. The fraction of sp³-hybridized carbons (Fsp3) is 0.435. The van der Waals surface area contributed by atoms with E-state index < -0.39 is 17.7 Å². The number of hydrogen-bond acceptors (Lipinski definition) is 9. The van der Waals surface area contributed by atoms with Gasteiger partial charge in [0.2, 0.25) is 0 Å². The average molecular weight is 481 g/mol. The second-order valence-corrected chi connectivity index (χ2v) is 9.16. The van der Waals surface area contributed by atoms with Crippen LogP contribution in [-0.4, -0.2) is 88.6 Å². The molecule has 12 heteroatoms. The first kappa shape index (κ1) is 23.1. The van der Waals surface area contributed by atoms with E-state index in [2.05, 4.69) is 19.9 Å². The number of β-amino-alcohol motifs (C(OH)–C–C–N with tert-alkyl or cyclic N) is 1. The summed E-state index contributed by atoms with van der Waals surface area (Å²) in [5.41, 5.74) is 7.51. The number of aliphatic hydroxyl groups is 2. The van der Waals surface area contributed by atoms with Crippen LogP contribution in [-0.2, 0) is 11.3 Å². The van der Waals surface area contributed by atoms with Crippen LogP contribution < -0.4 is 5.73 Å². The number of aromatic nitrogens is 6. The van der Waals surface area contributed by atoms with Crippen LogP contribution >= 0.6 is 0 Å². The molecule has 3 aromatic heterocycles. The molecule has 12 nitrogen and oxygen atoms in total. The molecule has 0 unspecified atom stereocenters. The number of nitrogens with zero attached hydrogens (tertiary/aromatic N) is 7. The number of anilines is 1. The topological polar surface area (TPSA) is 157 Å². The molecule has 0 spiro atoms. The van der Waals surface area contributed by atoms with E-state index in [4.69, 9.17) is 10.5 Å². The monoisotopic (exact) mass is 480 g/mol. The molecule has 0 bridgehead atoms. The zero-order valence-electron chi connectivity index (χ0n) is 19.6. The SMILES string of the molecule is COCCn1cnc2cc(C(=O)N3C[C@H](O)C[C@](C)(O)[C@@H](n4cnc5c(N)ncnc54)C3)ccc21. The average Bonchev–Trinajstić information content (AvgIpc) is 3.41. The summed E-state index contributed by atoms with van der Waals surface area (Å²) in [4.78, 5) is 32.1. The Balaban J connectivity index is 1.48. The van der Waals surface area contributed by atoms with E-state index in [0.29, 0.717) is 35.4 Å². The first-order valence-electron chi connectivity index (χ1n) is 11.3. The van der Waals surface area contributed by atoms with Crippen molar-refractivity contribution in [2.24, 2.45) is 0 Å². The van der Waals surface area contributed by atoms with Crippen molar-refractivity contribution in [2.45, 2.75) is 37.6 Å². The number of amides is 1. The van der Waals surface area contributed by atoms with E-state index in [-0.39, 0.29) is 31.2 Å². The Morgan fingerprint density at radius 3 is 2.86 bits per heavy atom. The predicted octanol–water partition coefficient (Wildman–Crippen LogP) is 0.604. The maximum atomic E-state index is 13.6. The molecule has 4 heterocycles. The van der Waals surface area contributed by atoms with E-state index in [9.17, 15) is 15.0 Å². The van der Waals surface area contributed by atoms with Gasteiger partial charge < -0.3 is 34.7 Å². The number of fused-ring (bicyclic) bond motifs is 2. The summed E-state index contributed by atoms with van der Waals surface area (Å²) >= 11 is 0. The van der Waals surface area contributed by atoms with Crippen LogP contribution in [0, 0.1) is 0 Å². The van der Waals surface area contributed by atoms with Crippen LogP contribution in [0.15, 0.2) is 37.2 Å². The molecule has 0 saturated carbocycles. The number of benzene rings is 1. The van der Waals surface area contributed by atoms with Gasteiger partial charge in [0.25, 0.3) is 5.91 Å². The van der Waals surface area contributed by atoms with Gasteiger partial charge in [-0.1, -0.05) is 0 Å². The predicted molar refractivity (Wildman–Crippen MR) is 128 cm³/mol. The third-order valence-corrected chi connectivity index (χ3v) is 6.61. The number of nitrogens with two attached hydrogens (primary N) is 1. The number of imidazole rings is 2. The summed E-state index contributed by atoms with van der Waals surface area (Å²) in [6.07, 6.45) is 3.75. The van der Waals surface area contributed by atoms with Crippen molar-refractivity contribution in [3.63, 3.8) is 0 Å². The zero-order valence-corrected chi connectivity index (χ0v) is 19.6. The molecule has 1 amide bonds. The number of rotatable bonds is 5. The summed E-state index contributed by atoms with van der Waals surface area (Å²) in [7, 11) is 1.64. The van der Waals surface area contributed by atoms with Crippen LogP contribution in [0.1, 0.15) is 29.7 Å². The minimum Gasteiger partial charge on any atom is -0.391 e. The Morgan fingerprint density at radius 2 is 2.06 bits per heavy atom. The van der Waals surface area contributed by atoms with Crippen molar-refractivity contribution in [1.82, 2.24) is 34.0 Å². The minimum absolute atomic E-state index is 0.0740. The lowest BCUT2D eigenvalue weighted by molar-refractivity contribution is -0.0217. The molecule has 1 saturated heterocycles. The Bertz CT molecular complexity index is 1380. The van der Waals surface area contributed by atoms with E-state index in [1.165, 1.54) is 12.7 Å². The zero-order chi connectivity index (χ0) is 24.7. The van der Waals surface area contributed by atoms with Gasteiger partial charge in [-0.2, -0.15) is 0 Å². The molecule has 4 aromatic rings. The van der Waals surface area contributed by atoms with Crippen molar-refractivity contribution >= 4 is 33.9 Å². The van der Waals surface area contributed by atoms with Crippen LogP contribution in [0.2, 0.25) is 0 Å². The van der Waals surface area contributed by atoms with Crippen LogP contribution in [0.4, 0.5) is 5.82 Å². The molecule has 1 aromatic carbocycles. The number of ether oxygens (including phenoxy) is 1. The molecule has 35 heavy (non-hydrogen) atoms. The van der Waals surface area contributed by atoms with E-state index in [1.54, 1.807) is 42.0 Å². The highest BCUT2D eigenvalue weighted by molar-refractivity contribution is 5.97. The Labute approximate surface area is 201 Å². The highest BCUT2D eigenvalue weighted by Gasteiger charge is 2.42. The maximum Gasteiger partial charge on any atom is 0.254 e. The van der Waals surface area contributed by atoms with Crippen LogP contribution in [0.25, 0.3) is 22.2 Å². The van der Waals surface area contributed by atoms with Gasteiger partial charge in [0.1, 0.15) is 11.8 Å². The van der Waals surface area contributed by atoms with Gasteiger partial charge in [0.05, 0.1) is 48.0 Å². The lowest BCUT2D eigenvalue weighted by atomic mass is 9.91. The van der Waals surface area contributed by atoms with Crippen molar-refractivity contribution < 1.29 is 19.7 Å². The van der Waals surface area contributed by atoms with Crippen molar-refractivity contribution in [1.29, 1.82) is 0 Å². The summed E-state index contributed by atoms with van der Waals surface area (Å²) in [6, 6.07) is 4.72. The van der Waals surface area contributed by atoms with E-state index >= 15 is 0 Å². The van der Waals surface area contributed by atoms with Gasteiger partial charge in [-0.25, -0.2) is 19.9 Å². The molecular weight excluding hydrogens is 452 g/mol. The highest BCUT2D eigenvalue weighted by Crippen LogP contribution is 2.34. The molecule has 1 aliphatic rings. The lowest BCUT2D eigenvalue weighted by Gasteiger charge is -2.34. The van der Waals surface area contributed by atoms with Crippen molar-refractivity contribution in [3.05, 3.63) is 42.7 Å².